The Morgan fingerprint density at radius 2 is 2.00 bits per heavy atom. The van der Waals surface area contributed by atoms with Gasteiger partial charge in [0.15, 0.2) is 22.3 Å². The van der Waals surface area contributed by atoms with Gasteiger partial charge in [-0.15, -0.1) is 0 Å². The number of aromatic nitrogens is 2. The van der Waals surface area contributed by atoms with Crippen LogP contribution in [0.15, 0.2) is 42.6 Å². The van der Waals surface area contributed by atoms with E-state index in [0.29, 0.717) is 50.3 Å². The summed E-state index contributed by atoms with van der Waals surface area (Å²) >= 11 is 7.86. The van der Waals surface area contributed by atoms with Crippen LogP contribution in [0.1, 0.15) is 24.0 Å². The first-order valence-corrected chi connectivity index (χ1v) is 13.1. The van der Waals surface area contributed by atoms with Crippen LogP contribution in [-0.2, 0) is 11.3 Å². The lowest BCUT2D eigenvalue weighted by molar-refractivity contribution is 0.110. The van der Waals surface area contributed by atoms with Crippen molar-refractivity contribution in [2.45, 2.75) is 25.5 Å². The number of nitriles is 1. The maximum Gasteiger partial charge on any atom is 0.231 e. The second-order valence-corrected chi connectivity index (χ2v) is 10.1. The van der Waals surface area contributed by atoms with E-state index in [9.17, 15) is 5.26 Å². The first-order valence-electron chi connectivity index (χ1n) is 11.9. The van der Waals surface area contributed by atoms with Gasteiger partial charge < -0.3 is 30.2 Å². The lowest BCUT2D eigenvalue weighted by Crippen LogP contribution is -2.25. The molecule has 37 heavy (non-hydrogen) atoms. The molecule has 2 aliphatic heterocycles. The molecule has 2 aromatic carbocycles. The van der Waals surface area contributed by atoms with Crippen LogP contribution >= 0.6 is 22.9 Å². The van der Waals surface area contributed by atoms with Crippen LogP contribution in [0.25, 0.3) is 10.3 Å². The predicted molar refractivity (Wildman–Crippen MR) is 143 cm³/mol. The highest BCUT2D eigenvalue weighted by molar-refractivity contribution is 7.22. The van der Waals surface area contributed by atoms with Gasteiger partial charge in [-0.25, -0.2) is 4.98 Å². The molecule has 188 valence electrons. The molecule has 1 atom stereocenters. The minimum atomic E-state index is 0.111. The molecule has 3 N–H and O–H groups in total. The summed E-state index contributed by atoms with van der Waals surface area (Å²) in [5, 5.41) is 21.0. The number of hydrogen-bond acceptors (Lipinski definition) is 10. The normalized spacial score (nSPS) is 16.2. The second kappa shape index (κ2) is 10.4. The summed E-state index contributed by atoms with van der Waals surface area (Å²) in [4.78, 5) is 9.01. The third kappa shape index (κ3) is 4.99. The number of anilines is 4. The van der Waals surface area contributed by atoms with Gasteiger partial charge in [0.2, 0.25) is 6.79 Å². The zero-order valence-electron chi connectivity index (χ0n) is 19.7. The van der Waals surface area contributed by atoms with Crippen molar-refractivity contribution in [2.75, 3.05) is 30.6 Å². The van der Waals surface area contributed by atoms with E-state index in [-0.39, 0.29) is 6.79 Å². The molecule has 1 saturated heterocycles. The molecule has 0 amide bonds. The lowest BCUT2D eigenvalue weighted by atomic mass is 10.2. The quantitative estimate of drug-likeness (QED) is 0.262. The molecule has 0 aliphatic carbocycles. The topological polar surface area (TPSA) is 113 Å². The number of hydrogen-bond donors (Lipinski definition) is 3. The Bertz CT molecular complexity index is 1480. The fourth-order valence-corrected chi connectivity index (χ4v) is 5.48. The molecule has 11 heteroatoms. The van der Waals surface area contributed by atoms with Crippen molar-refractivity contribution >= 4 is 55.5 Å². The molecule has 9 nitrogen and oxygen atoms in total. The van der Waals surface area contributed by atoms with Crippen molar-refractivity contribution in [1.29, 1.82) is 5.26 Å². The van der Waals surface area contributed by atoms with Crippen LogP contribution in [0.4, 0.5) is 22.2 Å². The van der Waals surface area contributed by atoms with Crippen LogP contribution < -0.4 is 25.4 Å². The summed E-state index contributed by atoms with van der Waals surface area (Å²) in [7, 11) is 0. The molecule has 2 aliphatic rings. The maximum atomic E-state index is 9.75. The SMILES string of the molecule is N#Cc1cnc2nc(Nc3ccc(CNC[C@H]4CCCO4)cc3)sc2c1Nc1c(Cl)ccc2c1OCO2. The zero-order chi connectivity index (χ0) is 25.2. The lowest BCUT2D eigenvalue weighted by Gasteiger charge is -2.12. The van der Waals surface area contributed by atoms with Gasteiger partial charge in [-0.3, -0.25) is 0 Å². The highest BCUT2D eigenvalue weighted by atomic mass is 35.5. The fourth-order valence-electron chi connectivity index (χ4n) is 4.34. The Hall–Kier alpha value is -3.62. The van der Waals surface area contributed by atoms with Gasteiger partial charge in [0.05, 0.1) is 22.4 Å². The highest BCUT2D eigenvalue weighted by Gasteiger charge is 2.23. The molecule has 0 bridgehead atoms. The van der Waals surface area contributed by atoms with Crippen LogP contribution in [0, 0.1) is 11.3 Å². The Balaban J connectivity index is 1.21. The molecule has 0 radical (unpaired) electrons. The van der Waals surface area contributed by atoms with E-state index >= 15 is 0 Å². The molecule has 2 aromatic heterocycles. The number of nitrogens with one attached hydrogen (secondary N) is 3. The summed E-state index contributed by atoms with van der Waals surface area (Å²) in [5.74, 6) is 1.10. The molecule has 4 heterocycles. The number of benzene rings is 2. The molecular weight excluding hydrogens is 512 g/mol. The summed E-state index contributed by atoms with van der Waals surface area (Å²) in [6, 6.07) is 13.9. The number of nitrogens with zero attached hydrogens (tertiary/aromatic N) is 3. The number of fused-ring (bicyclic) bond motifs is 2. The smallest absolute Gasteiger partial charge is 0.231 e. The number of halogens is 1. The van der Waals surface area contributed by atoms with E-state index in [1.165, 1.54) is 23.1 Å². The van der Waals surface area contributed by atoms with Crippen molar-refractivity contribution in [3.63, 3.8) is 0 Å². The third-order valence-corrected chi connectivity index (χ3v) is 7.50. The summed E-state index contributed by atoms with van der Waals surface area (Å²) < 4.78 is 17.5. The van der Waals surface area contributed by atoms with E-state index in [2.05, 4.69) is 44.1 Å². The molecule has 0 unspecified atom stereocenters. The number of rotatable bonds is 8. The van der Waals surface area contributed by atoms with Crippen LogP contribution in [0.5, 0.6) is 11.5 Å². The van der Waals surface area contributed by atoms with E-state index < -0.39 is 0 Å². The van der Waals surface area contributed by atoms with Gasteiger partial charge in [0.25, 0.3) is 0 Å². The minimum Gasteiger partial charge on any atom is -0.454 e. The van der Waals surface area contributed by atoms with Crippen molar-refractivity contribution in [3.8, 4) is 17.6 Å². The zero-order valence-corrected chi connectivity index (χ0v) is 21.3. The summed E-state index contributed by atoms with van der Waals surface area (Å²) in [6.45, 7) is 2.64. The van der Waals surface area contributed by atoms with E-state index in [4.69, 9.17) is 25.8 Å². The number of pyridine rings is 1. The van der Waals surface area contributed by atoms with Crippen LogP contribution in [-0.4, -0.2) is 36.0 Å². The van der Waals surface area contributed by atoms with Crippen molar-refractivity contribution < 1.29 is 14.2 Å². The Morgan fingerprint density at radius 3 is 2.81 bits per heavy atom. The monoisotopic (exact) mass is 534 g/mol. The van der Waals surface area contributed by atoms with Gasteiger partial charge in [0.1, 0.15) is 16.5 Å². The average molecular weight is 535 g/mol. The van der Waals surface area contributed by atoms with Crippen LogP contribution in [0.2, 0.25) is 5.02 Å². The Kier molecular flexibility index (Phi) is 6.68. The van der Waals surface area contributed by atoms with Gasteiger partial charge in [-0.2, -0.15) is 10.2 Å². The van der Waals surface area contributed by atoms with Gasteiger partial charge in [0, 0.05) is 31.6 Å². The summed E-state index contributed by atoms with van der Waals surface area (Å²) in [6.07, 6.45) is 4.10. The molecule has 1 fully saturated rings. The van der Waals surface area contributed by atoms with Gasteiger partial charge in [-0.1, -0.05) is 35.1 Å². The largest absolute Gasteiger partial charge is 0.454 e. The van der Waals surface area contributed by atoms with E-state index in [1.807, 2.05) is 12.1 Å². The molecule has 6 rings (SSSR count). The van der Waals surface area contributed by atoms with Crippen LogP contribution in [0.3, 0.4) is 0 Å². The first kappa shape index (κ1) is 23.8. The first-order chi connectivity index (χ1) is 18.2. The Labute approximate surface area is 222 Å². The predicted octanol–water partition coefficient (Wildman–Crippen LogP) is 5.70. The second-order valence-electron chi connectivity index (χ2n) is 8.70. The van der Waals surface area contributed by atoms with E-state index in [1.54, 1.807) is 12.1 Å². The highest BCUT2D eigenvalue weighted by Crippen LogP contribution is 2.46. The number of thiazole rings is 1. The number of ether oxygens (including phenoxy) is 3. The molecule has 4 aromatic rings. The molecule has 0 spiro atoms. The minimum absolute atomic E-state index is 0.111. The van der Waals surface area contributed by atoms with Gasteiger partial charge in [-0.05, 0) is 42.7 Å². The van der Waals surface area contributed by atoms with Gasteiger partial charge >= 0.3 is 0 Å². The van der Waals surface area contributed by atoms with Crippen molar-refractivity contribution in [1.82, 2.24) is 15.3 Å². The standard InChI is InChI=1S/C26H23ClN6O3S/c27-19-7-8-20-23(36-14-35-20)22(19)32-21-16(10-28)12-30-25-24(21)37-26(33-25)31-17-5-3-15(4-6-17)11-29-13-18-2-1-9-34-18/h3-8,12,18,29H,1-2,9,11,13-14H2,(H2,30,31,32,33)/t18-/m1/s1. The van der Waals surface area contributed by atoms with E-state index in [0.717, 1.165) is 42.9 Å². The fraction of sp³-hybridized carbons (Fsp3) is 0.269. The average Bonchev–Trinajstić information content (AvgIpc) is 3.68. The summed E-state index contributed by atoms with van der Waals surface area (Å²) in [5.41, 5.74) is 4.09. The Morgan fingerprint density at radius 1 is 1.11 bits per heavy atom. The molecular formula is C26H23ClN6O3S. The maximum absolute atomic E-state index is 9.75. The van der Waals surface area contributed by atoms with Crippen molar-refractivity contribution in [2.24, 2.45) is 0 Å². The van der Waals surface area contributed by atoms with Crippen molar-refractivity contribution in [3.05, 3.63) is 58.7 Å². The third-order valence-electron chi connectivity index (χ3n) is 6.21. The molecule has 0 saturated carbocycles.